The van der Waals surface area contributed by atoms with Crippen molar-refractivity contribution >= 4 is 5.91 Å². The molecule has 1 aromatic heterocycles. The number of nitrogens with one attached hydrogen (secondary N) is 1. The van der Waals surface area contributed by atoms with E-state index in [2.05, 4.69) is 29.0 Å². The lowest BCUT2D eigenvalue weighted by Crippen LogP contribution is -2.54. The van der Waals surface area contributed by atoms with E-state index in [-0.39, 0.29) is 17.9 Å². The number of nitrogens with zero attached hydrogens (tertiary/aromatic N) is 2. The second kappa shape index (κ2) is 7.41. The van der Waals surface area contributed by atoms with E-state index in [1.807, 2.05) is 12.1 Å². The molecule has 5 heteroatoms. The van der Waals surface area contributed by atoms with E-state index in [9.17, 15) is 4.79 Å². The van der Waals surface area contributed by atoms with Gasteiger partial charge in [0.1, 0.15) is 0 Å². The van der Waals surface area contributed by atoms with Gasteiger partial charge in [0, 0.05) is 56.5 Å². The Morgan fingerprint density at radius 2 is 2.35 bits per heavy atom. The van der Waals surface area contributed by atoms with Crippen molar-refractivity contribution < 1.29 is 9.53 Å². The zero-order valence-corrected chi connectivity index (χ0v) is 14.1. The predicted octanol–water partition coefficient (Wildman–Crippen LogP) is 1.83. The summed E-state index contributed by atoms with van der Waals surface area (Å²) in [5, 5.41) is 3.09. The topological polar surface area (TPSA) is 54.5 Å². The first-order valence-electron chi connectivity index (χ1n) is 8.67. The minimum Gasteiger partial charge on any atom is -0.378 e. The fraction of sp³-hybridized carbons (Fsp3) is 0.667. The summed E-state index contributed by atoms with van der Waals surface area (Å²) in [6.07, 6.45) is 5.65. The molecule has 3 atom stereocenters. The van der Waals surface area contributed by atoms with Crippen LogP contribution in [0, 0.1) is 11.8 Å². The molecule has 1 N–H and O–H groups in total. The lowest BCUT2D eigenvalue weighted by molar-refractivity contribution is -0.142. The van der Waals surface area contributed by atoms with Crippen LogP contribution in [0.5, 0.6) is 0 Å². The maximum absolute atomic E-state index is 12.7. The fourth-order valence-corrected chi connectivity index (χ4v) is 3.76. The molecule has 0 bridgehead atoms. The molecule has 3 heterocycles. The van der Waals surface area contributed by atoms with E-state index in [0.29, 0.717) is 25.1 Å². The van der Waals surface area contributed by atoms with Crippen LogP contribution in [0.1, 0.15) is 32.3 Å². The van der Waals surface area contributed by atoms with Crippen LogP contribution in [0.3, 0.4) is 0 Å². The molecule has 2 aliphatic heterocycles. The van der Waals surface area contributed by atoms with Crippen molar-refractivity contribution in [3.05, 3.63) is 30.1 Å². The van der Waals surface area contributed by atoms with Gasteiger partial charge in [-0.2, -0.15) is 0 Å². The minimum absolute atomic E-state index is 0.0620. The molecule has 0 radical (unpaired) electrons. The SMILES string of the molecule is CC(C)N1CC[C@H]2OCC[C@@H](C(=O)NCc3cccnc3)[C@@H]2C1. The molecule has 2 fully saturated rings. The largest absolute Gasteiger partial charge is 0.378 e. The minimum atomic E-state index is 0.0620. The zero-order chi connectivity index (χ0) is 16.2. The molecule has 0 unspecified atom stereocenters. The van der Waals surface area contributed by atoms with Gasteiger partial charge in [0.2, 0.25) is 5.91 Å². The van der Waals surface area contributed by atoms with Crippen LogP contribution in [-0.2, 0) is 16.1 Å². The van der Waals surface area contributed by atoms with Gasteiger partial charge in [-0.1, -0.05) is 6.07 Å². The number of hydrogen-bond acceptors (Lipinski definition) is 4. The van der Waals surface area contributed by atoms with Crippen molar-refractivity contribution in [1.82, 2.24) is 15.2 Å². The number of hydrogen-bond donors (Lipinski definition) is 1. The van der Waals surface area contributed by atoms with Crippen LogP contribution in [0.15, 0.2) is 24.5 Å². The van der Waals surface area contributed by atoms with E-state index in [1.54, 1.807) is 12.4 Å². The summed E-state index contributed by atoms with van der Waals surface area (Å²) in [4.78, 5) is 19.3. The Morgan fingerprint density at radius 1 is 1.48 bits per heavy atom. The van der Waals surface area contributed by atoms with Crippen LogP contribution in [0.4, 0.5) is 0 Å². The highest BCUT2D eigenvalue weighted by Gasteiger charge is 2.41. The summed E-state index contributed by atoms with van der Waals surface area (Å²) in [5.74, 6) is 0.540. The number of pyridine rings is 1. The van der Waals surface area contributed by atoms with E-state index in [0.717, 1.165) is 31.5 Å². The van der Waals surface area contributed by atoms with Crippen LogP contribution < -0.4 is 5.32 Å². The molecule has 0 spiro atoms. The molecule has 0 aromatic carbocycles. The molecular formula is C18H27N3O2. The van der Waals surface area contributed by atoms with Crippen molar-refractivity contribution in [3.63, 3.8) is 0 Å². The molecule has 1 aromatic rings. The van der Waals surface area contributed by atoms with Crippen LogP contribution in [-0.4, -0.2) is 47.6 Å². The third kappa shape index (κ3) is 3.90. The van der Waals surface area contributed by atoms with Gasteiger partial charge in [0.05, 0.1) is 6.10 Å². The first-order chi connectivity index (χ1) is 11.1. The molecule has 2 aliphatic rings. The van der Waals surface area contributed by atoms with Crippen LogP contribution in [0.25, 0.3) is 0 Å². The van der Waals surface area contributed by atoms with Gasteiger partial charge in [-0.05, 0) is 38.3 Å². The molecule has 2 saturated heterocycles. The summed E-state index contributed by atoms with van der Waals surface area (Å²) in [7, 11) is 0. The van der Waals surface area contributed by atoms with Crippen LogP contribution in [0.2, 0.25) is 0 Å². The third-order valence-electron chi connectivity index (χ3n) is 5.16. The summed E-state index contributed by atoms with van der Waals surface area (Å²) in [5.41, 5.74) is 1.04. The molecule has 3 rings (SSSR count). The monoisotopic (exact) mass is 317 g/mol. The Bertz CT molecular complexity index is 520. The summed E-state index contributed by atoms with van der Waals surface area (Å²) in [6.45, 7) is 7.74. The van der Waals surface area contributed by atoms with Gasteiger partial charge in [-0.25, -0.2) is 0 Å². The lowest BCUT2D eigenvalue weighted by Gasteiger charge is -2.45. The van der Waals surface area contributed by atoms with Gasteiger partial charge in [-0.3, -0.25) is 9.78 Å². The van der Waals surface area contributed by atoms with E-state index >= 15 is 0 Å². The molecule has 0 aliphatic carbocycles. The first kappa shape index (κ1) is 16.4. The second-order valence-electron chi connectivity index (χ2n) is 6.92. The maximum Gasteiger partial charge on any atom is 0.223 e. The zero-order valence-electron chi connectivity index (χ0n) is 14.1. The van der Waals surface area contributed by atoms with Crippen LogP contribution >= 0.6 is 0 Å². The normalized spacial score (nSPS) is 28.4. The van der Waals surface area contributed by atoms with Gasteiger partial charge >= 0.3 is 0 Å². The summed E-state index contributed by atoms with van der Waals surface area (Å²) < 4.78 is 5.94. The number of carbonyl (C=O) groups is 1. The highest BCUT2D eigenvalue weighted by molar-refractivity contribution is 5.79. The summed E-state index contributed by atoms with van der Waals surface area (Å²) in [6, 6.07) is 4.41. The number of fused-ring (bicyclic) bond motifs is 1. The molecule has 126 valence electrons. The standard InChI is InChI=1S/C18H27N3O2/c1-13(2)21-8-5-17-16(12-21)15(6-9-23-17)18(22)20-11-14-4-3-7-19-10-14/h3-4,7,10,13,15-17H,5-6,8-9,11-12H2,1-2H3,(H,20,22)/t15-,16+,17-/m1/s1. The molecular weight excluding hydrogens is 290 g/mol. The summed E-state index contributed by atoms with van der Waals surface area (Å²) >= 11 is 0. The van der Waals surface area contributed by atoms with Crippen molar-refractivity contribution in [3.8, 4) is 0 Å². The molecule has 23 heavy (non-hydrogen) atoms. The number of amides is 1. The van der Waals surface area contributed by atoms with E-state index < -0.39 is 0 Å². The van der Waals surface area contributed by atoms with Gasteiger partial charge in [0.15, 0.2) is 0 Å². The van der Waals surface area contributed by atoms with E-state index in [4.69, 9.17) is 4.74 Å². The molecule has 0 saturated carbocycles. The van der Waals surface area contributed by atoms with Gasteiger partial charge in [-0.15, -0.1) is 0 Å². The lowest BCUT2D eigenvalue weighted by atomic mass is 9.78. The number of piperidine rings is 1. The fourth-order valence-electron chi connectivity index (χ4n) is 3.76. The average Bonchev–Trinajstić information content (AvgIpc) is 2.59. The highest BCUT2D eigenvalue weighted by atomic mass is 16.5. The maximum atomic E-state index is 12.7. The number of aromatic nitrogens is 1. The van der Waals surface area contributed by atoms with Gasteiger partial charge < -0.3 is 15.0 Å². The molecule has 1 amide bonds. The Morgan fingerprint density at radius 3 is 3.09 bits per heavy atom. The Hall–Kier alpha value is -1.46. The van der Waals surface area contributed by atoms with E-state index in [1.165, 1.54) is 0 Å². The Kier molecular flexibility index (Phi) is 5.28. The smallest absolute Gasteiger partial charge is 0.223 e. The Labute approximate surface area is 138 Å². The predicted molar refractivity (Wildman–Crippen MR) is 88.7 cm³/mol. The number of ether oxygens (including phenoxy) is 1. The van der Waals surface area contributed by atoms with Gasteiger partial charge in [0.25, 0.3) is 0 Å². The average molecular weight is 317 g/mol. The van der Waals surface area contributed by atoms with Crippen molar-refractivity contribution in [1.29, 1.82) is 0 Å². The van der Waals surface area contributed by atoms with Crippen molar-refractivity contribution in [2.75, 3.05) is 19.7 Å². The number of likely N-dealkylation sites (tertiary alicyclic amines) is 1. The van der Waals surface area contributed by atoms with Crippen molar-refractivity contribution in [2.24, 2.45) is 11.8 Å². The third-order valence-corrected chi connectivity index (χ3v) is 5.16. The number of rotatable bonds is 4. The second-order valence-corrected chi connectivity index (χ2v) is 6.92. The first-order valence-corrected chi connectivity index (χ1v) is 8.67. The quantitative estimate of drug-likeness (QED) is 0.920. The Balaban J connectivity index is 1.61. The number of carbonyl (C=O) groups excluding carboxylic acids is 1. The van der Waals surface area contributed by atoms with Crippen molar-refractivity contribution in [2.45, 2.75) is 45.4 Å². The highest BCUT2D eigenvalue weighted by Crippen LogP contribution is 2.33. The molecule has 5 nitrogen and oxygen atoms in total.